The fourth-order valence-corrected chi connectivity index (χ4v) is 4.05. The summed E-state index contributed by atoms with van der Waals surface area (Å²) >= 11 is 0. The molecule has 3 unspecified atom stereocenters. The molecule has 0 saturated heterocycles. The van der Waals surface area contributed by atoms with Gasteiger partial charge in [0.2, 0.25) is 6.41 Å². The summed E-state index contributed by atoms with van der Waals surface area (Å²) in [5.41, 5.74) is 4.18. The number of rotatable bonds is 12. The van der Waals surface area contributed by atoms with E-state index in [0.717, 1.165) is 29.0 Å². The Morgan fingerprint density at radius 2 is 1.72 bits per heavy atom. The van der Waals surface area contributed by atoms with Crippen LogP contribution in [0.15, 0.2) is 78.9 Å². The van der Waals surface area contributed by atoms with Crippen molar-refractivity contribution in [3.05, 3.63) is 101 Å². The first-order valence-electron chi connectivity index (χ1n) is 12.0. The molecule has 0 saturated carbocycles. The van der Waals surface area contributed by atoms with Crippen LogP contribution >= 0.6 is 9.24 Å². The van der Waals surface area contributed by atoms with Gasteiger partial charge >= 0.3 is 0 Å². The Kier molecular flexibility index (Phi) is 10.7. The summed E-state index contributed by atoms with van der Waals surface area (Å²) < 4.78 is 5.78. The topological polar surface area (TPSA) is 67.4 Å². The van der Waals surface area contributed by atoms with E-state index in [0.29, 0.717) is 12.8 Å². The Hall–Kier alpha value is -3.45. The second-order valence-electron chi connectivity index (χ2n) is 8.80. The Morgan fingerprint density at radius 3 is 2.42 bits per heavy atom. The summed E-state index contributed by atoms with van der Waals surface area (Å²) in [5.74, 6) is 6.92. The zero-order chi connectivity index (χ0) is 25.8. The number of ether oxygens (including phenoxy) is 1. The van der Waals surface area contributed by atoms with Crippen molar-refractivity contribution in [1.82, 2.24) is 10.6 Å². The number of ketones is 1. The third kappa shape index (κ3) is 8.64. The van der Waals surface area contributed by atoms with Crippen molar-refractivity contribution < 1.29 is 14.3 Å². The van der Waals surface area contributed by atoms with Crippen molar-refractivity contribution in [2.45, 2.75) is 38.6 Å². The number of Topliss-reactive ketones (excluding diaryl/α,β-unsaturated/α-hetero) is 1. The summed E-state index contributed by atoms with van der Waals surface area (Å²) in [5, 5.41) is 6.14. The van der Waals surface area contributed by atoms with Crippen molar-refractivity contribution >= 4 is 21.4 Å². The number of carbonyl (C=O) groups excluding carboxylic acids is 2. The SMILES string of the molecule is CC(C)C(=O)C(Cc1cccc(C#CCOc2ccc(C(P)NCc3ccccc3)cc2)c1)NC=O. The van der Waals surface area contributed by atoms with Crippen LogP contribution < -0.4 is 15.4 Å². The molecule has 0 aliphatic heterocycles. The Morgan fingerprint density at radius 1 is 1.00 bits per heavy atom. The molecular weight excluding hydrogens is 467 g/mol. The molecule has 2 N–H and O–H groups in total. The van der Waals surface area contributed by atoms with E-state index in [-0.39, 0.29) is 24.1 Å². The van der Waals surface area contributed by atoms with E-state index in [2.05, 4.69) is 43.8 Å². The Bertz CT molecular complexity index is 1180. The second kappa shape index (κ2) is 14.2. The molecule has 3 atom stereocenters. The van der Waals surface area contributed by atoms with Gasteiger partial charge in [-0.25, -0.2) is 0 Å². The third-order valence-electron chi connectivity index (χ3n) is 5.70. The van der Waals surface area contributed by atoms with Crippen LogP contribution in [0.1, 0.15) is 41.9 Å². The molecule has 0 heterocycles. The molecule has 0 aliphatic rings. The maximum Gasteiger partial charge on any atom is 0.207 e. The number of amides is 1. The summed E-state index contributed by atoms with van der Waals surface area (Å²) in [7, 11) is 2.83. The lowest BCUT2D eigenvalue weighted by Gasteiger charge is -2.17. The standard InChI is InChI=1S/C30H33N2O3P/c1-22(2)29(34)28(32-21-33)19-25-11-6-10-23(18-25)12-7-17-35-27-15-13-26(14-16-27)30(36)31-20-24-8-4-3-5-9-24/h3-6,8-11,13-16,18,21-22,28,30-31H,17,19-20,36H2,1-2H3,(H,32,33). The fraction of sp³-hybridized carbons (Fsp3) is 0.267. The first-order chi connectivity index (χ1) is 17.5. The first-order valence-corrected chi connectivity index (χ1v) is 12.7. The number of hydrogen-bond acceptors (Lipinski definition) is 4. The number of carbonyl (C=O) groups is 2. The van der Waals surface area contributed by atoms with Crippen LogP contribution in [-0.2, 0) is 22.6 Å². The highest BCUT2D eigenvalue weighted by Crippen LogP contribution is 2.23. The summed E-state index contributed by atoms with van der Waals surface area (Å²) in [6.45, 7) is 4.73. The van der Waals surface area contributed by atoms with Gasteiger partial charge in [-0.2, -0.15) is 0 Å². The molecule has 3 aromatic carbocycles. The quantitative estimate of drug-likeness (QED) is 0.216. The molecule has 0 aromatic heterocycles. The second-order valence-corrected chi connectivity index (χ2v) is 9.47. The van der Waals surface area contributed by atoms with E-state index in [4.69, 9.17) is 4.74 Å². The van der Waals surface area contributed by atoms with Gasteiger partial charge in [0.25, 0.3) is 0 Å². The lowest BCUT2D eigenvalue weighted by atomic mass is 9.95. The lowest BCUT2D eigenvalue weighted by Crippen LogP contribution is -2.40. The van der Waals surface area contributed by atoms with Crippen molar-refractivity contribution in [3.8, 4) is 17.6 Å². The van der Waals surface area contributed by atoms with Crippen LogP contribution in [0.2, 0.25) is 0 Å². The predicted octanol–water partition coefficient (Wildman–Crippen LogP) is 4.66. The summed E-state index contributed by atoms with van der Waals surface area (Å²) in [6, 6.07) is 25.5. The van der Waals surface area contributed by atoms with Crippen LogP contribution in [0, 0.1) is 17.8 Å². The summed E-state index contributed by atoms with van der Waals surface area (Å²) in [4.78, 5) is 23.3. The van der Waals surface area contributed by atoms with Crippen molar-refractivity contribution in [2.24, 2.45) is 5.92 Å². The van der Waals surface area contributed by atoms with Crippen molar-refractivity contribution in [3.63, 3.8) is 0 Å². The highest BCUT2D eigenvalue weighted by Gasteiger charge is 2.20. The largest absolute Gasteiger partial charge is 0.481 e. The fourth-order valence-electron chi connectivity index (χ4n) is 3.71. The molecule has 0 spiro atoms. The molecule has 1 amide bonds. The molecule has 0 radical (unpaired) electrons. The average molecular weight is 501 g/mol. The van der Waals surface area contributed by atoms with Gasteiger partial charge in [0.15, 0.2) is 5.78 Å². The van der Waals surface area contributed by atoms with Crippen molar-refractivity contribution in [1.29, 1.82) is 0 Å². The molecular formula is C30H33N2O3P. The van der Waals surface area contributed by atoms with Gasteiger partial charge in [0, 0.05) is 23.8 Å². The Labute approximate surface area is 216 Å². The molecule has 0 bridgehead atoms. The smallest absolute Gasteiger partial charge is 0.207 e. The van der Waals surface area contributed by atoms with Crippen LogP contribution in [-0.4, -0.2) is 24.8 Å². The van der Waals surface area contributed by atoms with Gasteiger partial charge in [-0.15, -0.1) is 9.24 Å². The molecule has 5 nitrogen and oxygen atoms in total. The van der Waals surface area contributed by atoms with E-state index >= 15 is 0 Å². The van der Waals surface area contributed by atoms with Gasteiger partial charge in [-0.1, -0.05) is 80.3 Å². The van der Waals surface area contributed by atoms with Gasteiger partial charge in [-0.05, 0) is 47.4 Å². The molecule has 0 aliphatic carbocycles. The zero-order valence-corrected chi connectivity index (χ0v) is 21.9. The number of nitrogens with one attached hydrogen (secondary N) is 2. The predicted molar refractivity (Wildman–Crippen MR) is 148 cm³/mol. The van der Waals surface area contributed by atoms with E-state index in [9.17, 15) is 9.59 Å². The minimum Gasteiger partial charge on any atom is -0.481 e. The highest BCUT2D eigenvalue weighted by atomic mass is 31.0. The normalized spacial score (nSPS) is 12.2. The van der Waals surface area contributed by atoms with Crippen LogP contribution in [0.5, 0.6) is 5.75 Å². The monoisotopic (exact) mass is 500 g/mol. The van der Waals surface area contributed by atoms with Crippen molar-refractivity contribution in [2.75, 3.05) is 6.61 Å². The van der Waals surface area contributed by atoms with Crippen LogP contribution in [0.25, 0.3) is 0 Å². The maximum absolute atomic E-state index is 12.3. The van der Waals surface area contributed by atoms with E-state index in [1.54, 1.807) is 0 Å². The van der Waals surface area contributed by atoms with E-state index in [1.807, 2.05) is 80.6 Å². The highest BCUT2D eigenvalue weighted by molar-refractivity contribution is 7.17. The molecule has 0 fully saturated rings. The number of hydrogen-bond donors (Lipinski definition) is 2. The van der Waals surface area contributed by atoms with Gasteiger partial charge in [0.1, 0.15) is 12.4 Å². The van der Waals surface area contributed by atoms with E-state index in [1.165, 1.54) is 5.56 Å². The first kappa shape index (κ1) is 27.1. The number of benzene rings is 3. The maximum atomic E-state index is 12.3. The molecule has 3 aromatic rings. The van der Waals surface area contributed by atoms with Crippen LogP contribution in [0.3, 0.4) is 0 Å². The third-order valence-corrected chi connectivity index (χ3v) is 6.32. The molecule has 6 heteroatoms. The molecule has 3 rings (SSSR count). The van der Waals surface area contributed by atoms with Gasteiger partial charge < -0.3 is 15.4 Å². The Balaban J connectivity index is 1.50. The molecule has 36 heavy (non-hydrogen) atoms. The minimum absolute atomic E-state index is 0.0120. The van der Waals surface area contributed by atoms with Gasteiger partial charge in [-0.3, -0.25) is 9.59 Å². The summed E-state index contributed by atoms with van der Waals surface area (Å²) in [6.07, 6.45) is 1.02. The van der Waals surface area contributed by atoms with Gasteiger partial charge in [0.05, 0.1) is 6.04 Å². The van der Waals surface area contributed by atoms with E-state index < -0.39 is 6.04 Å². The zero-order valence-electron chi connectivity index (χ0n) is 20.7. The van der Waals surface area contributed by atoms with Crippen LogP contribution in [0.4, 0.5) is 0 Å². The lowest BCUT2D eigenvalue weighted by molar-refractivity contribution is -0.126. The minimum atomic E-state index is -0.535. The average Bonchev–Trinajstić information content (AvgIpc) is 2.90. The molecule has 186 valence electrons.